The Kier molecular flexibility index (Phi) is 7.79. The van der Waals surface area contributed by atoms with Crippen molar-refractivity contribution in [2.24, 2.45) is 10.2 Å². The van der Waals surface area contributed by atoms with Gasteiger partial charge in [0, 0.05) is 12.6 Å². The number of nitrogens with zero attached hydrogens (tertiary/aromatic N) is 2. The highest BCUT2D eigenvalue weighted by Gasteiger charge is 2.33. The normalized spacial score (nSPS) is 12.4. The number of nitrogens with one attached hydrogen (secondary N) is 3. The summed E-state index contributed by atoms with van der Waals surface area (Å²) in [6.07, 6.45) is -0.987. The largest absolute Gasteiger partial charge is 0.339 e. The predicted molar refractivity (Wildman–Crippen MR) is 114 cm³/mol. The van der Waals surface area contributed by atoms with Gasteiger partial charge in [0.15, 0.2) is 5.11 Å². The van der Waals surface area contributed by atoms with E-state index in [-0.39, 0.29) is 11.0 Å². The second-order valence-corrected chi connectivity index (χ2v) is 8.13. The van der Waals surface area contributed by atoms with Crippen molar-refractivity contribution >= 4 is 75.1 Å². The van der Waals surface area contributed by atoms with E-state index in [0.29, 0.717) is 11.4 Å². The standard InChI is InChI=1S/C17H16Cl3N5OS/c1-11(26)21-15(17(18,19)20)23-16(27)22-12-7-9-14(10-8-12)25-24-13-5-3-2-4-6-13/h2-10,15H,1H3,(H,21,26)(H2,22,23,27). The highest BCUT2D eigenvalue weighted by molar-refractivity contribution is 7.80. The third-order valence-corrected chi connectivity index (χ3v) is 3.99. The molecule has 0 aliphatic rings. The molecule has 27 heavy (non-hydrogen) atoms. The highest BCUT2D eigenvalue weighted by atomic mass is 35.6. The predicted octanol–water partition coefficient (Wildman–Crippen LogP) is 5.22. The number of carbonyl (C=O) groups excluding carboxylic acids is 1. The SMILES string of the molecule is CC(=O)NC(NC(=S)Nc1ccc(N=Nc2ccccc2)cc1)C(Cl)(Cl)Cl. The lowest BCUT2D eigenvalue weighted by molar-refractivity contribution is -0.119. The van der Waals surface area contributed by atoms with Crippen LogP contribution in [0.4, 0.5) is 17.1 Å². The number of rotatable bonds is 5. The fourth-order valence-electron chi connectivity index (χ4n) is 1.92. The molecule has 0 saturated carbocycles. The van der Waals surface area contributed by atoms with Gasteiger partial charge in [0.1, 0.15) is 6.17 Å². The average molecular weight is 445 g/mol. The third kappa shape index (κ3) is 7.68. The van der Waals surface area contributed by atoms with Crippen molar-refractivity contribution in [2.75, 3.05) is 5.32 Å². The number of carbonyl (C=O) groups is 1. The summed E-state index contributed by atoms with van der Waals surface area (Å²) >= 11 is 22.7. The number of anilines is 1. The molecule has 0 saturated heterocycles. The van der Waals surface area contributed by atoms with E-state index in [2.05, 4.69) is 26.2 Å². The van der Waals surface area contributed by atoms with Gasteiger partial charge < -0.3 is 16.0 Å². The summed E-state index contributed by atoms with van der Waals surface area (Å²) in [5.41, 5.74) is 2.14. The second kappa shape index (κ2) is 9.85. The van der Waals surface area contributed by atoms with Gasteiger partial charge in [-0.1, -0.05) is 53.0 Å². The lowest BCUT2D eigenvalue weighted by Gasteiger charge is -2.27. The number of halogens is 3. The van der Waals surface area contributed by atoms with E-state index in [0.717, 1.165) is 5.69 Å². The van der Waals surface area contributed by atoms with Gasteiger partial charge in [-0.15, -0.1) is 0 Å². The first kappa shape index (κ1) is 21.4. The van der Waals surface area contributed by atoms with Crippen LogP contribution in [-0.4, -0.2) is 21.0 Å². The molecule has 2 rings (SSSR count). The Balaban J connectivity index is 1.96. The van der Waals surface area contributed by atoms with Crippen molar-refractivity contribution in [1.29, 1.82) is 0 Å². The Hall–Kier alpha value is -1.93. The first-order chi connectivity index (χ1) is 12.7. The summed E-state index contributed by atoms with van der Waals surface area (Å²) in [6, 6.07) is 16.5. The van der Waals surface area contributed by atoms with Gasteiger partial charge >= 0.3 is 0 Å². The van der Waals surface area contributed by atoms with Crippen LogP contribution in [0.5, 0.6) is 0 Å². The van der Waals surface area contributed by atoms with E-state index >= 15 is 0 Å². The second-order valence-electron chi connectivity index (χ2n) is 5.36. The van der Waals surface area contributed by atoms with E-state index in [9.17, 15) is 4.79 Å². The van der Waals surface area contributed by atoms with E-state index in [4.69, 9.17) is 47.0 Å². The molecule has 0 heterocycles. The minimum absolute atomic E-state index is 0.179. The molecule has 2 aromatic rings. The van der Waals surface area contributed by atoms with Gasteiger partial charge in [-0.3, -0.25) is 4.79 Å². The average Bonchev–Trinajstić information content (AvgIpc) is 2.60. The Morgan fingerprint density at radius 1 is 0.963 bits per heavy atom. The van der Waals surface area contributed by atoms with Gasteiger partial charge in [-0.2, -0.15) is 10.2 Å². The zero-order valence-corrected chi connectivity index (χ0v) is 17.2. The fourth-order valence-corrected chi connectivity index (χ4v) is 2.49. The van der Waals surface area contributed by atoms with E-state index < -0.39 is 9.96 Å². The zero-order valence-electron chi connectivity index (χ0n) is 14.1. The Bertz CT molecular complexity index is 810. The molecule has 6 nitrogen and oxygen atoms in total. The lowest BCUT2D eigenvalue weighted by Crippen LogP contribution is -2.55. The number of amides is 1. The van der Waals surface area contributed by atoms with Gasteiger partial charge in [0.2, 0.25) is 9.70 Å². The maximum atomic E-state index is 11.2. The number of thiocarbonyl (C=S) groups is 1. The number of azo groups is 1. The van der Waals surface area contributed by atoms with Crippen LogP contribution in [0, 0.1) is 0 Å². The first-order valence-corrected chi connectivity index (χ1v) is 9.26. The van der Waals surface area contributed by atoms with Crippen molar-refractivity contribution < 1.29 is 4.79 Å². The number of hydrogen-bond acceptors (Lipinski definition) is 4. The van der Waals surface area contributed by atoms with E-state index in [1.807, 2.05) is 30.3 Å². The summed E-state index contributed by atoms with van der Waals surface area (Å²) < 4.78 is -1.78. The molecule has 1 unspecified atom stereocenters. The molecule has 10 heteroatoms. The molecule has 0 aliphatic carbocycles. The maximum absolute atomic E-state index is 11.2. The molecular weight excluding hydrogens is 429 g/mol. The molecule has 0 radical (unpaired) electrons. The van der Waals surface area contributed by atoms with Crippen molar-refractivity contribution in [2.45, 2.75) is 16.9 Å². The summed E-state index contributed by atoms with van der Waals surface area (Å²) in [5.74, 6) is -0.366. The van der Waals surface area contributed by atoms with Crippen molar-refractivity contribution in [1.82, 2.24) is 10.6 Å². The van der Waals surface area contributed by atoms with Gasteiger partial charge in [-0.25, -0.2) is 0 Å². The molecule has 142 valence electrons. The molecule has 0 fully saturated rings. The van der Waals surface area contributed by atoms with Gasteiger partial charge in [0.05, 0.1) is 11.4 Å². The van der Waals surface area contributed by atoms with Crippen LogP contribution in [0.25, 0.3) is 0 Å². The van der Waals surface area contributed by atoms with Crippen LogP contribution in [-0.2, 0) is 4.79 Å². The van der Waals surface area contributed by atoms with Crippen LogP contribution >= 0.6 is 47.0 Å². The van der Waals surface area contributed by atoms with Crippen LogP contribution in [0.2, 0.25) is 0 Å². The molecule has 0 bridgehead atoms. The van der Waals surface area contributed by atoms with Crippen molar-refractivity contribution in [3.63, 3.8) is 0 Å². The Labute approximate surface area is 177 Å². The fraction of sp³-hybridized carbons (Fsp3) is 0.176. The monoisotopic (exact) mass is 443 g/mol. The number of alkyl halides is 3. The lowest BCUT2D eigenvalue weighted by atomic mass is 10.3. The molecular formula is C17H16Cl3N5OS. The molecule has 0 aliphatic heterocycles. The van der Waals surface area contributed by atoms with Crippen LogP contribution in [0.3, 0.4) is 0 Å². The zero-order chi connectivity index (χ0) is 19.9. The summed E-state index contributed by atoms with van der Waals surface area (Å²) in [4.78, 5) is 11.2. The smallest absolute Gasteiger partial charge is 0.228 e. The molecule has 0 spiro atoms. The summed E-state index contributed by atoms with van der Waals surface area (Å²) in [6.45, 7) is 1.31. The van der Waals surface area contributed by atoms with E-state index in [1.165, 1.54) is 6.92 Å². The van der Waals surface area contributed by atoms with Crippen LogP contribution in [0.1, 0.15) is 6.92 Å². The van der Waals surface area contributed by atoms with Crippen LogP contribution in [0.15, 0.2) is 64.8 Å². The molecule has 1 atom stereocenters. The van der Waals surface area contributed by atoms with Gasteiger partial charge in [0.25, 0.3) is 0 Å². The Morgan fingerprint density at radius 2 is 1.52 bits per heavy atom. The maximum Gasteiger partial charge on any atom is 0.228 e. The summed E-state index contributed by atoms with van der Waals surface area (Å²) in [7, 11) is 0. The first-order valence-electron chi connectivity index (χ1n) is 7.72. The van der Waals surface area contributed by atoms with E-state index in [1.54, 1.807) is 24.3 Å². The molecule has 2 aromatic carbocycles. The summed E-state index contributed by atoms with van der Waals surface area (Å²) in [5, 5.41) is 16.6. The van der Waals surface area contributed by atoms with Gasteiger partial charge in [-0.05, 0) is 48.6 Å². The molecule has 3 N–H and O–H groups in total. The minimum Gasteiger partial charge on any atom is -0.339 e. The molecule has 1 amide bonds. The number of benzene rings is 2. The molecule has 0 aromatic heterocycles. The third-order valence-electron chi connectivity index (χ3n) is 3.11. The highest BCUT2D eigenvalue weighted by Crippen LogP contribution is 2.29. The topological polar surface area (TPSA) is 77.9 Å². The minimum atomic E-state index is -1.78. The van der Waals surface area contributed by atoms with Crippen molar-refractivity contribution in [3.8, 4) is 0 Å². The van der Waals surface area contributed by atoms with Crippen LogP contribution < -0.4 is 16.0 Å². The van der Waals surface area contributed by atoms with Crippen molar-refractivity contribution in [3.05, 3.63) is 54.6 Å². The quantitative estimate of drug-likeness (QED) is 0.256. The Morgan fingerprint density at radius 3 is 2.04 bits per heavy atom. The number of hydrogen-bond donors (Lipinski definition) is 3.